The number of thiophene rings is 1. The molecule has 0 spiro atoms. The molecule has 144 valence electrons. The summed E-state index contributed by atoms with van der Waals surface area (Å²) in [7, 11) is 0. The quantitative estimate of drug-likeness (QED) is 0.629. The van der Waals surface area contributed by atoms with Gasteiger partial charge in [0, 0.05) is 0 Å². The number of ketones is 1. The molecule has 3 atom stereocenters. The first-order chi connectivity index (χ1) is 12.6. The van der Waals surface area contributed by atoms with Gasteiger partial charge in [-0.15, -0.1) is 11.3 Å². The van der Waals surface area contributed by atoms with Crippen LogP contribution in [0.4, 0.5) is 18.0 Å². The molecule has 3 N–H and O–H groups in total. The van der Waals surface area contributed by atoms with Crippen molar-refractivity contribution in [2.75, 3.05) is 0 Å². The Morgan fingerprint density at radius 1 is 1.22 bits per heavy atom. The van der Waals surface area contributed by atoms with Crippen LogP contribution in [0.15, 0.2) is 35.7 Å². The van der Waals surface area contributed by atoms with Crippen molar-refractivity contribution in [1.82, 2.24) is 10.6 Å². The molecule has 0 radical (unpaired) electrons. The van der Waals surface area contributed by atoms with E-state index in [9.17, 15) is 27.9 Å². The second kappa shape index (κ2) is 6.97. The van der Waals surface area contributed by atoms with Crippen LogP contribution in [0.5, 0.6) is 0 Å². The number of hydrogen-bond acceptors (Lipinski definition) is 4. The molecule has 2 amide bonds. The fourth-order valence-electron chi connectivity index (χ4n) is 2.93. The Balaban J connectivity index is 2.21. The first-order valence-electron chi connectivity index (χ1n) is 7.45. The van der Waals surface area contributed by atoms with Crippen molar-refractivity contribution in [2.24, 2.45) is 5.92 Å². The summed E-state index contributed by atoms with van der Waals surface area (Å²) < 4.78 is 41.2. The zero-order valence-electron chi connectivity index (χ0n) is 13.2. The average Bonchev–Trinajstić information content (AvgIpc) is 3.10. The maximum Gasteiger partial charge on any atom is 0.437 e. The Morgan fingerprint density at radius 3 is 2.52 bits per heavy atom. The number of amides is 2. The predicted octanol–water partition coefficient (Wildman–Crippen LogP) is 4.16. The number of benzene rings is 1. The second-order valence-electron chi connectivity index (χ2n) is 5.80. The zero-order valence-corrected chi connectivity index (χ0v) is 15.5. The van der Waals surface area contributed by atoms with E-state index in [-0.39, 0.29) is 20.5 Å². The molecular weight excluding hydrogens is 428 g/mol. The molecule has 11 heteroatoms. The van der Waals surface area contributed by atoms with Gasteiger partial charge < -0.3 is 15.7 Å². The summed E-state index contributed by atoms with van der Waals surface area (Å²) in [6.45, 7) is 0. The van der Waals surface area contributed by atoms with Gasteiger partial charge in [-0.25, -0.2) is 4.79 Å². The van der Waals surface area contributed by atoms with Crippen molar-refractivity contribution in [2.45, 2.75) is 17.9 Å². The number of carbonyl (C=O) groups excluding carboxylic acids is 2. The van der Waals surface area contributed by atoms with E-state index in [1.807, 2.05) is 0 Å². The van der Waals surface area contributed by atoms with E-state index in [0.717, 1.165) is 11.3 Å². The van der Waals surface area contributed by atoms with E-state index in [1.54, 1.807) is 0 Å². The normalized spacial score (nSPS) is 25.6. The highest BCUT2D eigenvalue weighted by Gasteiger charge is 2.66. The fourth-order valence-corrected chi connectivity index (χ4v) is 4.06. The standard InChI is InChI=1S/C16H11Cl2F3N2O3S/c17-8-4-1-3-7(11(8)18)12-10(13(24)9-5-2-6-27-9)15(26,16(19,20)21)23-14(25)22-12/h1-6,10,12,26H,(H2,22,23,25)/t10-,12-,15-/m1/s1. The molecule has 1 aromatic heterocycles. The monoisotopic (exact) mass is 438 g/mol. The molecular formula is C16H11Cl2F3N2O3S. The maximum absolute atomic E-state index is 13.7. The molecule has 0 saturated carbocycles. The third-order valence-electron chi connectivity index (χ3n) is 4.17. The maximum atomic E-state index is 13.7. The Labute approximate surface area is 165 Å². The highest BCUT2D eigenvalue weighted by molar-refractivity contribution is 7.12. The molecule has 5 nitrogen and oxygen atoms in total. The van der Waals surface area contributed by atoms with Crippen LogP contribution in [0.2, 0.25) is 10.0 Å². The topological polar surface area (TPSA) is 78.4 Å². The first-order valence-corrected chi connectivity index (χ1v) is 9.09. The molecule has 0 aliphatic carbocycles. The van der Waals surface area contributed by atoms with E-state index in [2.05, 4.69) is 5.32 Å². The van der Waals surface area contributed by atoms with Crippen LogP contribution in [-0.2, 0) is 0 Å². The van der Waals surface area contributed by atoms with Gasteiger partial charge >= 0.3 is 12.2 Å². The lowest BCUT2D eigenvalue weighted by atomic mass is 9.78. The summed E-state index contributed by atoms with van der Waals surface area (Å²) in [4.78, 5) is 24.8. The largest absolute Gasteiger partial charge is 0.437 e. The third kappa shape index (κ3) is 3.40. The number of alkyl halides is 3. The van der Waals surface area contributed by atoms with Gasteiger partial charge in [-0.3, -0.25) is 4.79 Å². The van der Waals surface area contributed by atoms with Crippen LogP contribution in [0, 0.1) is 5.92 Å². The number of halogens is 5. The first kappa shape index (κ1) is 19.9. The fraction of sp³-hybridized carbons (Fsp3) is 0.250. The van der Waals surface area contributed by atoms with E-state index in [0.29, 0.717) is 0 Å². The van der Waals surface area contributed by atoms with E-state index in [1.165, 1.54) is 41.0 Å². The third-order valence-corrected chi connectivity index (χ3v) is 5.89. The van der Waals surface area contributed by atoms with Gasteiger partial charge in [-0.05, 0) is 23.1 Å². The van der Waals surface area contributed by atoms with Crippen molar-refractivity contribution < 1.29 is 27.9 Å². The molecule has 1 aromatic carbocycles. The molecule has 0 bridgehead atoms. The van der Waals surface area contributed by atoms with Gasteiger partial charge in [0.25, 0.3) is 0 Å². The zero-order chi connectivity index (χ0) is 20.0. The Kier molecular flexibility index (Phi) is 5.15. The summed E-state index contributed by atoms with van der Waals surface area (Å²) in [5.74, 6) is -3.14. The smallest absolute Gasteiger partial charge is 0.363 e. The minimum absolute atomic E-state index is 0.0104. The van der Waals surface area contributed by atoms with Crippen LogP contribution in [0.1, 0.15) is 21.3 Å². The number of aliphatic hydroxyl groups is 1. The number of rotatable bonds is 3. The van der Waals surface area contributed by atoms with Crippen molar-refractivity contribution in [3.05, 3.63) is 56.2 Å². The summed E-state index contributed by atoms with van der Waals surface area (Å²) >= 11 is 12.9. The highest BCUT2D eigenvalue weighted by Crippen LogP contribution is 2.46. The van der Waals surface area contributed by atoms with Crippen LogP contribution >= 0.6 is 34.5 Å². The van der Waals surface area contributed by atoms with Gasteiger partial charge in [0.2, 0.25) is 5.72 Å². The van der Waals surface area contributed by atoms with Crippen molar-refractivity contribution in [1.29, 1.82) is 0 Å². The van der Waals surface area contributed by atoms with Gasteiger partial charge in [0.1, 0.15) is 5.92 Å². The Morgan fingerprint density at radius 2 is 1.93 bits per heavy atom. The lowest BCUT2D eigenvalue weighted by Gasteiger charge is -2.45. The molecule has 1 saturated heterocycles. The number of urea groups is 1. The van der Waals surface area contributed by atoms with Gasteiger partial charge in [0.05, 0.1) is 21.0 Å². The summed E-state index contributed by atoms with van der Waals surface area (Å²) in [6.07, 6.45) is -5.33. The van der Waals surface area contributed by atoms with Crippen molar-refractivity contribution in [3.8, 4) is 0 Å². The minimum Gasteiger partial charge on any atom is -0.363 e. The van der Waals surface area contributed by atoms with Gasteiger partial charge in [0.15, 0.2) is 5.78 Å². The highest BCUT2D eigenvalue weighted by atomic mass is 35.5. The number of carbonyl (C=O) groups is 2. The molecule has 2 heterocycles. The van der Waals surface area contributed by atoms with Crippen LogP contribution in [-0.4, -0.2) is 28.8 Å². The summed E-state index contributed by atoms with van der Waals surface area (Å²) in [5, 5.41) is 15.5. The molecule has 1 aliphatic heterocycles. The van der Waals surface area contributed by atoms with Gasteiger partial charge in [-0.2, -0.15) is 13.2 Å². The summed E-state index contributed by atoms with van der Waals surface area (Å²) in [6, 6.07) is 4.10. The van der Waals surface area contributed by atoms with Crippen LogP contribution in [0.3, 0.4) is 0 Å². The van der Waals surface area contributed by atoms with E-state index >= 15 is 0 Å². The molecule has 3 rings (SSSR count). The number of hydrogen-bond donors (Lipinski definition) is 3. The van der Waals surface area contributed by atoms with E-state index < -0.39 is 35.7 Å². The molecule has 0 unspecified atom stereocenters. The SMILES string of the molecule is O=C1N[C@H](c2cccc(Cl)c2Cl)[C@H](C(=O)c2cccs2)[C@@](O)(C(F)(F)F)N1. The van der Waals surface area contributed by atoms with Gasteiger partial charge in [-0.1, -0.05) is 41.4 Å². The minimum atomic E-state index is -5.33. The Bertz CT molecular complexity index is 892. The Hall–Kier alpha value is -1.81. The molecule has 2 aromatic rings. The summed E-state index contributed by atoms with van der Waals surface area (Å²) in [5.41, 5.74) is -3.82. The molecule has 1 fully saturated rings. The lowest BCUT2D eigenvalue weighted by Crippen LogP contribution is -2.72. The van der Waals surface area contributed by atoms with Crippen molar-refractivity contribution >= 4 is 46.4 Å². The second-order valence-corrected chi connectivity index (χ2v) is 7.54. The van der Waals surface area contributed by atoms with E-state index in [4.69, 9.17) is 23.2 Å². The molecule has 1 aliphatic rings. The average molecular weight is 439 g/mol. The molecule has 27 heavy (non-hydrogen) atoms. The number of nitrogens with one attached hydrogen (secondary N) is 2. The van der Waals surface area contributed by atoms with Crippen LogP contribution in [0.25, 0.3) is 0 Å². The lowest BCUT2D eigenvalue weighted by molar-refractivity contribution is -0.287. The van der Waals surface area contributed by atoms with Crippen LogP contribution < -0.4 is 10.6 Å². The number of Topliss-reactive ketones (excluding diaryl/α,β-unsaturated/α-hetero) is 1. The van der Waals surface area contributed by atoms with Crippen molar-refractivity contribution in [3.63, 3.8) is 0 Å². The predicted molar refractivity (Wildman–Crippen MR) is 94.0 cm³/mol.